The van der Waals surface area contributed by atoms with E-state index in [0.717, 1.165) is 56.9 Å². The van der Waals surface area contributed by atoms with Crippen LogP contribution in [0.1, 0.15) is 159 Å². The Balaban J connectivity index is 1.08. The van der Waals surface area contributed by atoms with E-state index < -0.39 is 22.6 Å². The maximum atomic E-state index is 14.1. The molecule has 7 rings (SSSR count). The number of ether oxygens (including phenoxy) is 2. The largest absolute Gasteiger partial charge is 0.465 e. The Kier molecular flexibility index (Phi) is 11.0. The number of esters is 2. The molecule has 1 N–H and O–H groups in total. The summed E-state index contributed by atoms with van der Waals surface area (Å²) in [5.74, 6) is 2.08. The molecular formula is C47H68ClN3O7. The highest BCUT2D eigenvalue weighted by Gasteiger charge is 2.65. The lowest BCUT2D eigenvalue weighted by Crippen LogP contribution is -2.60. The van der Waals surface area contributed by atoms with Crippen LogP contribution >= 0.6 is 11.6 Å². The molecule has 0 bridgehead atoms. The first kappa shape index (κ1) is 43.1. The maximum absolute atomic E-state index is 14.1. The molecule has 1 amide bonds. The monoisotopic (exact) mass is 821 g/mol. The molecule has 6 aliphatic rings. The van der Waals surface area contributed by atoms with Crippen molar-refractivity contribution >= 4 is 35.4 Å². The number of carboxylic acid groups (broad SMARTS) is 1. The molecule has 11 heteroatoms. The van der Waals surface area contributed by atoms with Gasteiger partial charge in [-0.3, -0.25) is 19.3 Å². The van der Waals surface area contributed by atoms with Crippen LogP contribution in [0.15, 0.2) is 23.5 Å². The number of halogens is 1. The summed E-state index contributed by atoms with van der Waals surface area (Å²) in [4.78, 5) is 63.8. The average Bonchev–Trinajstić information content (AvgIpc) is 3.84. The number of aromatic nitrogens is 2. The van der Waals surface area contributed by atoms with Crippen molar-refractivity contribution in [2.75, 3.05) is 6.54 Å². The lowest BCUT2D eigenvalue weighted by Gasteiger charge is -2.67. The number of fused-ring (bicyclic) bond motifs is 7. The molecular weight excluding hydrogens is 754 g/mol. The number of hydrogen-bond acceptors (Lipinski definition) is 8. The molecule has 9 unspecified atom stereocenters. The van der Waals surface area contributed by atoms with Gasteiger partial charge in [0.2, 0.25) is 0 Å². The molecule has 1 aromatic heterocycles. The average molecular weight is 823 g/mol. The molecule has 1 aromatic rings. The molecule has 10 nitrogen and oxygen atoms in total. The number of allylic oxidation sites excluding steroid dienone is 2. The van der Waals surface area contributed by atoms with Gasteiger partial charge in [0.1, 0.15) is 17.2 Å². The third kappa shape index (κ3) is 7.31. The third-order valence-electron chi connectivity index (χ3n) is 16.4. The van der Waals surface area contributed by atoms with E-state index in [2.05, 4.69) is 44.6 Å². The van der Waals surface area contributed by atoms with Crippen LogP contribution in [-0.2, 0) is 29.4 Å². The first-order chi connectivity index (χ1) is 27.0. The molecule has 58 heavy (non-hydrogen) atoms. The second-order valence-electron chi connectivity index (χ2n) is 21.8. The van der Waals surface area contributed by atoms with Crippen molar-refractivity contribution in [3.05, 3.63) is 34.4 Å². The van der Waals surface area contributed by atoms with E-state index in [9.17, 15) is 24.3 Å². The van der Waals surface area contributed by atoms with Gasteiger partial charge in [0.25, 0.3) is 0 Å². The van der Waals surface area contributed by atoms with E-state index in [1.54, 1.807) is 31.1 Å². The van der Waals surface area contributed by atoms with Gasteiger partial charge in [0.15, 0.2) is 11.6 Å². The van der Waals surface area contributed by atoms with Gasteiger partial charge in [-0.25, -0.2) is 14.8 Å². The minimum atomic E-state index is -0.976. The SMILES string of the molecule is CC(C)C1=C2C3CCC4C(C)(CCC5C(C)C(OC(=O)CC(C)(C)C(=O)OC(C)(C)C)CCC54C)C3CCC2(CCN(C(=O)O)C2(c3ncc(Cl)cn3)CC2)CC1=O. The lowest BCUT2D eigenvalue weighted by molar-refractivity contribution is -0.192. The summed E-state index contributed by atoms with van der Waals surface area (Å²) in [7, 11) is 0. The first-order valence-corrected chi connectivity index (χ1v) is 22.6. The molecule has 5 saturated carbocycles. The minimum absolute atomic E-state index is 0.0129. The second kappa shape index (κ2) is 14.9. The molecule has 0 saturated heterocycles. The van der Waals surface area contributed by atoms with E-state index in [0.29, 0.717) is 66.7 Å². The van der Waals surface area contributed by atoms with Crippen LogP contribution in [0.2, 0.25) is 5.02 Å². The topological polar surface area (TPSA) is 136 Å². The van der Waals surface area contributed by atoms with Gasteiger partial charge in [0.05, 0.1) is 16.9 Å². The number of carbonyl (C=O) groups excluding carboxylic acids is 3. The number of carbonyl (C=O) groups is 4. The Morgan fingerprint density at radius 1 is 0.931 bits per heavy atom. The summed E-state index contributed by atoms with van der Waals surface area (Å²) in [5.41, 5.74) is -0.0801. The molecule has 1 heterocycles. The quantitative estimate of drug-likeness (QED) is 0.229. The van der Waals surface area contributed by atoms with Crippen LogP contribution < -0.4 is 0 Å². The minimum Gasteiger partial charge on any atom is -0.465 e. The smallest absolute Gasteiger partial charge is 0.408 e. The van der Waals surface area contributed by atoms with Crippen LogP contribution in [0.5, 0.6) is 0 Å². The van der Waals surface area contributed by atoms with Gasteiger partial charge < -0.3 is 14.6 Å². The zero-order chi connectivity index (χ0) is 42.4. The number of nitrogens with zero attached hydrogens (tertiary/aromatic N) is 3. The molecule has 5 fully saturated rings. The van der Waals surface area contributed by atoms with Crippen LogP contribution in [0.25, 0.3) is 0 Å². The number of hydrogen-bond donors (Lipinski definition) is 1. The fraction of sp³-hybridized carbons (Fsp3) is 0.787. The Hall–Kier alpha value is -3.01. The number of Topliss-reactive ketones (excluding diaryl/α,β-unsaturated/α-hetero) is 1. The van der Waals surface area contributed by atoms with Crippen LogP contribution in [0.3, 0.4) is 0 Å². The van der Waals surface area contributed by atoms with E-state index in [1.165, 1.54) is 5.57 Å². The number of rotatable bonds is 10. The van der Waals surface area contributed by atoms with Gasteiger partial charge in [-0.1, -0.05) is 51.8 Å². The molecule has 0 radical (unpaired) electrons. The van der Waals surface area contributed by atoms with Gasteiger partial charge in [-0.05, 0) is 157 Å². The Labute approximate surface area is 351 Å². The summed E-state index contributed by atoms with van der Waals surface area (Å²) in [6, 6.07) is 0. The first-order valence-electron chi connectivity index (χ1n) is 22.2. The Morgan fingerprint density at radius 3 is 2.16 bits per heavy atom. The van der Waals surface area contributed by atoms with E-state index in [4.69, 9.17) is 21.1 Å². The van der Waals surface area contributed by atoms with E-state index in [1.807, 2.05) is 20.8 Å². The van der Waals surface area contributed by atoms with Crippen LogP contribution in [-0.4, -0.2) is 62.0 Å². The summed E-state index contributed by atoms with van der Waals surface area (Å²) in [5, 5.41) is 11.0. The molecule has 0 aliphatic heterocycles. The summed E-state index contributed by atoms with van der Waals surface area (Å²) in [6.07, 6.45) is 12.5. The zero-order valence-corrected chi connectivity index (χ0v) is 37.5. The maximum Gasteiger partial charge on any atom is 0.408 e. The lowest BCUT2D eigenvalue weighted by atomic mass is 9.38. The molecule has 320 valence electrons. The van der Waals surface area contributed by atoms with Crippen molar-refractivity contribution in [3.8, 4) is 0 Å². The molecule has 6 aliphatic carbocycles. The van der Waals surface area contributed by atoms with Crippen molar-refractivity contribution in [2.24, 2.45) is 57.2 Å². The van der Waals surface area contributed by atoms with Gasteiger partial charge in [-0.15, -0.1) is 0 Å². The Morgan fingerprint density at radius 2 is 1.55 bits per heavy atom. The summed E-state index contributed by atoms with van der Waals surface area (Å²) in [6.45, 7) is 21.0. The molecule has 0 spiro atoms. The normalized spacial score (nSPS) is 35.3. The Bertz CT molecular complexity index is 1850. The highest BCUT2D eigenvalue weighted by Crippen LogP contribution is 2.72. The predicted octanol–water partition coefficient (Wildman–Crippen LogP) is 10.4. The number of ketones is 1. The van der Waals surface area contributed by atoms with Crippen LogP contribution in [0.4, 0.5) is 4.79 Å². The van der Waals surface area contributed by atoms with Crippen molar-refractivity contribution in [1.29, 1.82) is 0 Å². The van der Waals surface area contributed by atoms with E-state index >= 15 is 0 Å². The highest BCUT2D eigenvalue weighted by molar-refractivity contribution is 6.30. The van der Waals surface area contributed by atoms with Crippen molar-refractivity contribution in [2.45, 2.75) is 170 Å². The van der Waals surface area contributed by atoms with E-state index in [-0.39, 0.29) is 58.3 Å². The van der Waals surface area contributed by atoms with Crippen molar-refractivity contribution in [1.82, 2.24) is 14.9 Å². The number of amides is 1. The zero-order valence-electron chi connectivity index (χ0n) is 36.7. The van der Waals surface area contributed by atoms with Crippen LogP contribution in [0, 0.1) is 57.2 Å². The molecule has 0 aromatic carbocycles. The van der Waals surface area contributed by atoms with Gasteiger partial charge >= 0.3 is 18.0 Å². The predicted molar refractivity (Wildman–Crippen MR) is 222 cm³/mol. The van der Waals surface area contributed by atoms with Gasteiger partial charge in [-0.2, -0.15) is 0 Å². The van der Waals surface area contributed by atoms with Gasteiger partial charge in [0, 0.05) is 30.8 Å². The summed E-state index contributed by atoms with van der Waals surface area (Å²) >= 11 is 6.10. The fourth-order valence-electron chi connectivity index (χ4n) is 13.7. The van der Waals surface area contributed by atoms with Crippen molar-refractivity contribution < 1.29 is 33.8 Å². The fourth-order valence-corrected chi connectivity index (χ4v) is 13.8. The molecule has 9 atom stereocenters. The summed E-state index contributed by atoms with van der Waals surface area (Å²) < 4.78 is 11.8. The standard InChI is InChI=1S/C47H68ClN3O7/c1-27(2)37-33(52)23-46(21-22-51(41(55)56)47(19-20-47)39-49-25-29(48)26-50-39)18-14-32-30(38(37)46)11-12-35-44(9)17-15-34(28(3)31(44)13-16-45(32,35)10)57-36(53)24-43(7,8)40(54)58-42(4,5)6/h25-28,30-32,34-35H,11-24H2,1-10H3,(H,55,56). The third-order valence-corrected chi connectivity index (χ3v) is 16.6. The second-order valence-corrected chi connectivity index (χ2v) is 22.3. The highest BCUT2D eigenvalue weighted by atomic mass is 35.5. The van der Waals surface area contributed by atoms with Crippen molar-refractivity contribution in [3.63, 3.8) is 0 Å².